The number of nitrogens with zero attached hydrogens (tertiary/aromatic N) is 1. The molecule has 0 amide bonds. The Morgan fingerprint density at radius 1 is 1.21 bits per heavy atom. The highest BCUT2D eigenvalue weighted by atomic mass is 35.5. The Morgan fingerprint density at radius 3 is 2.84 bits per heavy atom. The Bertz CT molecular complexity index is 510. The van der Waals surface area contributed by atoms with Crippen molar-refractivity contribution in [3.05, 3.63) is 42.2 Å². The third-order valence-electron chi connectivity index (χ3n) is 3.22. The summed E-state index contributed by atoms with van der Waals surface area (Å²) in [5, 5.41) is 5.99. The average Bonchev–Trinajstić information content (AvgIpc) is 2.40. The van der Waals surface area contributed by atoms with E-state index in [-0.39, 0.29) is 24.8 Å². The minimum atomic E-state index is 0. The number of fused-ring (bicyclic) bond motifs is 1. The van der Waals surface area contributed by atoms with E-state index in [0.717, 1.165) is 26.2 Å². The lowest BCUT2D eigenvalue weighted by atomic mass is 10.0. The Balaban J connectivity index is 0.000000902. The molecule has 0 bridgehead atoms. The standard InChI is InChI=1S/C14H16N2O.2ClH/c1-2-4-14-11(3-1)8-15-9-12(14)7-13-10-17-6-5-16-13;;/h1-4,8-9,13,16H,5-7,10H2;2*1H. The van der Waals surface area contributed by atoms with Gasteiger partial charge in [-0.3, -0.25) is 4.98 Å². The summed E-state index contributed by atoms with van der Waals surface area (Å²) in [6.45, 7) is 2.57. The molecule has 0 radical (unpaired) electrons. The quantitative estimate of drug-likeness (QED) is 0.926. The van der Waals surface area contributed by atoms with Gasteiger partial charge in [0.05, 0.1) is 13.2 Å². The van der Waals surface area contributed by atoms with Gasteiger partial charge in [0.1, 0.15) is 0 Å². The topological polar surface area (TPSA) is 34.1 Å². The first kappa shape index (κ1) is 16.2. The molecule has 3 rings (SSSR count). The Hall–Kier alpha value is -0.870. The molecule has 104 valence electrons. The number of pyridine rings is 1. The van der Waals surface area contributed by atoms with E-state index >= 15 is 0 Å². The number of rotatable bonds is 2. The number of hydrogen-bond acceptors (Lipinski definition) is 3. The van der Waals surface area contributed by atoms with Crippen LogP contribution >= 0.6 is 24.8 Å². The summed E-state index contributed by atoms with van der Waals surface area (Å²) < 4.78 is 5.48. The monoisotopic (exact) mass is 300 g/mol. The van der Waals surface area contributed by atoms with Crippen molar-refractivity contribution in [1.82, 2.24) is 10.3 Å². The second-order valence-electron chi connectivity index (χ2n) is 4.45. The van der Waals surface area contributed by atoms with Gasteiger partial charge >= 0.3 is 0 Å². The Kier molecular flexibility index (Phi) is 6.52. The number of aromatic nitrogens is 1. The fourth-order valence-corrected chi connectivity index (χ4v) is 2.36. The van der Waals surface area contributed by atoms with Crippen molar-refractivity contribution in [2.45, 2.75) is 12.5 Å². The molecule has 1 atom stereocenters. The van der Waals surface area contributed by atoms with Crippen LogP contribution in [0.3, 0.4) is 0 Å². The third kappa shape index (κ3) is 3.80. The zero-order valence-electron chi connectivity index (χ0n) is 10.5. The summed E-state index contributed by atoms with van der Waals surface area (Å²) in [6, 6.07) is 8.82. The molecule has 1 aliphatic heterocycles. The summed E-state index contributed by atoms with van der Waals surface area (Å²) in [5.41, 5.74) is 1.30. The SMILES string of the molecule is Cl.Cl.c1ccc2c(CC3COCCN3)cncc2c1. The molecule has 1 N–H and O–H groups in total. The van der Waals surface area contributed by atoms with Crippen LogP contribution in [0.1, 0.15) is 5.56 Å². The number of nitrogens with one attached hydrogen (secondary N) is 1. The van der Waals surface area contributed by atoms with Crippen LogP contribution in [0.5, 0.6) is 0 Å². The number of ether oxygens (including phenoxy) is 1. The van der Waals surface area contributed by atoms with Crippen molar-refractivity contribution < 1.29 is 4.74 Å². The lowest BCUT2D eigenvalue weighted by Crippen LogP contribution is -2.42. The highest BCUT2D eigenvalue weighted by Gasteiger charge is 2.14. The van der Waals surface area contributed by atoms with Crippen LogP contribution in [0.25, 0.3) is 10.8 Å². The van der Waals surface area contributed by atoms with Crippen LogP contribution < -0.4 is 5.32 Å². The fourth-order valence-electron chi connectivity index (χ4n) is 2.36. The summed E-state index contributed by atoms with van der Waals surface area (Å²) in [7, 11) is 0. The zero-order valence-corrected chi connectivity index (χ0v) is 12.2. The molecule has 3 nitrogen and oxygen atoms in total. The molecular weight excluding hydrogens is 283 g/mol. The van der Waals surface area contributed by atoms with Crippen LogP contribution in [0.15, 0.2) is 36.7 Å². The molecule has 0 aliphatic carbocycles. The Morgan fingerprint density at radius 2 is 2.05 bits per heavy atom. The van der Waals surface area contributed by atoms with Crippen LogP contribution in [0, 0.1) is 0 Å². The van der Waals surface area contributed by atoms with E-state index in [1.807, 2.05) is 12.4 Å². The average molecular weight is 301 g/mol. The fraction of sp³-hybridized carbons (Fsp3) is 0.357. The number of hydrogen-bond donors (Lipinski definition) is 1. The molecule has 1 aromatic heterocycles. The second-order valence-corrected chi connectivity index (χ2v) is 4.45. The highest BCUT2D eigenvalue weighted by molar-refractivity contribution is 5.86. The first-order chi connectivity index (χ1) is 8.43. The van der Waals surface area contributed by atoms with Gasteiger partial charge in [-0.15, -0.1) is 24.8 Å². The van der Waals surface area contributed by atoms with E-state index in [1.54, 1.807) is 0 Å². The van der Waals surface area contributed by atoms with Gasteiger partial charge in [-0.25, -0.2) is 0 Å². The third-order valence-corrected chi connectivity index (χ3v) is 3.22. The first-order valence-electron chi connectivity index (χ1n) is 6.06. The predicted octanol–water partition coefficient (Wildman–Crippen LogP) is 2.61. The van der Waals surface area contributed by atoms with E-state index in [2.05, 4.69) is 34.6 Å². The maximum Gasteiger partial charge on any atom is 0.0623 e. The predicted molar refractivity (Wildman–Crippen MR) is 82.6 cm³/mol. The van der Waals surface area contributed by atoms with Crippen molar-refractivity contribution in [3.63, 3.8) is 0 Å². The lowest BCUT2D eigenvalue weighted by molar-refractivity contribution is 0.0771. The van der Waals surface area contributed by atoms with E-state index in [4.69, 9.17) is 4.74 Å². The maximum atomic E-state index is 5.48. The van der Waals surface area contributed by atoms with Crippen LogP contribution in [0.2, 0.25) is 0 Å². The molecule has 1 aromatic carbocycles. The van der Waals surface area contributed by atoms with Gasteiger partial charge in [0, 0.05) is 30.4 Å². The smallest absolute Gasteiger partial charge is 0.0623 e. The number of halogens is 2. The van der Waals surface area contributed by atoms with E-state index in [1.165, 1.54) is 16.3 Å². The normalized spacial score (nSPS) is 18.4. The van der Waals surface area contributed by atoms with Crippen molar-refractivity contribution in [2.24, 2.45) is 0 Å². The molecule has 19 heavy (non-hydrogen) atoms. The molecule has 1 saturated heterocycles. The van der Waals surface area contributed by atoms with Crippen molar-refractivity contribution >= 4 is 35.6 Å². The Labute approximate surface area is 125 Å². The van der Waals surface area contributed by atoms with Crippen LogP contribution in [-0.2, 0) is 11.2 Å². The minimum Gasteiger partial charge on any atom is -0.379 e. The molecular formula is C14H18Cl2N2O. The number of morpholine rings is 1. The molecule has 5 heteroatoms. The van der Waals surface area contributed by atoms with Crippen LogP contribution in [-0.4, -0.2) is 30.8 Å². The summed E-state index contributed by atoms with van der Waals surface area (Å²) in [4.78, 5) is 4.31. The second kappa shape index (κ2) is 7.65. The molecule has 2 heterocycles. The van der Waals surface area contributed by atoms with E-state index in [0.29, 0.717) is 6.04 Å². The van der Waals surface area contributed by atoms with Gasteiger partial charge in [-0.1, -0.05) is 24.3 Å². The molecule has 0 saturated carbocycles. The largest absolute Gasteiger partial charge is 0.379 e. The molecule has 1 fully saturated rings. The van der Waals surface area contributed by atoms with Crippen LogP contribution in [0.4, 0.5) is 0 Å². The maximum absolute atomic E-state index is 5.48. The molecule has 1 aliphatic rings. The minimum absolute atomic E-state index is 0. The van der Waals surface area contributed by atoms with Crippen molar-refractivity contribution in [1.29, 1.82) is 0 Å². The van der Waals surface area contributed by atoms with Gasteiger partial charge < -0.3 is 10.1 Å². The van der Waals surface area contributed by atoms with E-state index in [9.17, 15) is 0 Å². The highest BCUT2D eigenvalue weighted by Crippen LogP contribution is 2.18. The van der Waals surface area contributed by atoms with Crippen molar-refractivity contribution in [3.8, 4) is 0 Å². The van der Waals surface area contributed by atoms with Crippen molar-refractivity contribution in [2.75, 3.05) is 19.8 Å². The number of benzene rings is 1. The molecule has 0 spiro atoms. The zero-order chi connectivity index (χ0) is 11.5. The van der Waals surface area contributed by atoms with Gasteiger partial charge in [-0.05, 0) is 17.4 Å². The first-order valence-corrected chi connectivity index (χ1v) is 6.06. The van der Waals surface area contributed by atoms with E-state index < -0.39 is 0 Å². The van der Waals surface area contributed by atoms with Gasteiger partial charge in [0.2, 0.25) is 0 Å². The lowest BCUT2D eigenvalue weighted by Gasteiger charge is -2.24. The summed E-state index contributed by atoms with van der Waals surface area (Å²) in [6.07, 6.45) is 4.87. The summed E-state index contributed by atoms with van der Waals surface area (Å²) in [5.74, 6) is 0. The summed E-state index contributed by atoms with van der Waals surface area (Å²) >= 11 is 0. The molecule has 1 unspecified atom stereocenters. The van der Waals surface area contributed by atoms with Gasteiger partial charge in [0.25, 0.3) is 0 Å². The van der Waals surface area contributed by atoms with Gasteiger partial charge in [-0.2, -0.15) is 0 Å². The van der Waals surface area contributed by atoms with Gasteiger partial charge in [0.15, 0.2) is 0 Å². The molecule has 2 aromatic rings.